The maximum Gasteiger partial charge on any atom is 0.131 e. The number of pyridine rings is 1. The normalized spacial score (nSPS) is 9.30. The summed E-state index contributed by atoms with van der Waals surface area (Å²) in [6, 6.07) is 1.52. The van der Waals surface area contributed by atoms with E-state index in [1.54, 1.807) is 0 Å². The maximum absolute atomic E-state index is 6.87. The SMILES string of the molecule is N=Cc1cnc(Cl)cc1N. The minimum atomic E-state index is 0.350. The average Bonchev–Trinajstić information content (AvgIpc) is 1.88. The molecule has 1 aromatic rings. The van der Waals surface area contributed by atoms with Crippen LogP contribution in [0.25, 0.3) is 0 Å². The lowest BCUT2D eigenvalue weighted by molar-refractivity contribution is 1.32. The van der Waals surface area contributed by atoms with Gasteiger partial charge in [-0.05, 0) is 6.07 Å². The summed E-state index contributed by atoms with van der Waals surface area (Å²) in [6.45, 7) is 0. The summed E-state index contributed by atoms with van der Waals surface area (Å²) in [5.74, 6) is 0. The predicted octanol–water partition coefficient (Wildman–Crippen LogP) is 1.31. The van der Waals surface area contributed by atoms with Crippen LogP contribution in [-0.2, 0) is 0 Å². The Hall–Kier alpha value is -1.09. The lowest BCUT2D eigenvalue weighted by Gasteiger charge is -1.96. The highest BCUT2D eigenvalue weighted by Gasteiger charge is 1.95. The molecule has 10 heavy (non-hydrogen) atoms. The molecule has 0 saturated heterocycles. The number of anilines is 1. The number of hydrogen-bond acceptors (Lipinski definition) is 3. The van der Waals surface area contributed by atoms with Gasteiger partial charge < -0.3 is 11.1 Å². The number of nitrogens with zero attached hydrogens (tertiary/aromatic N) is 1. The molecular weight excluding hydrogens is 150 g/mol. The van der Waals surface area contributed by atoms with Crippen LogP contribution in [0.1, 0.15) is 5.56 Å². The third-order valence-corrected chi connectivity index (χ3v) is 1.30. The Morgan fingerprint density at radius 3 is 2.90 bits per heavy atom. The van der Waals surface area contributed by atoms with Crippen molar-refractivity contribution in [3.63, 3.8) is 0 Å². The molecule has 0 amide bonds. The summed E-state index contributed by atoms with van der Waals surface area (Å²) in [6.07, 6.45) is 2.60. The van der Waals surface area contributed by atoms with E-state index >= 15 is 0 Å². The molecule has 1 rings (SSSR count). The van der Waals surface area contributed by atoms with E-state index in [1.165, 1.54) is 12.3 Å². The molecule has 0 aliphatic rings. The van der Waals surface area contributed by atoms with Crippen molar-refractivity contribution < 1.29 is 0 Å². The second-order valence-electron chi connectivity index (χ2n) is 1.78. The van der Waals surface area contributed by atoms with Gasteiger partial charge in [-0.15, -0.1) is 0 Å². The molecule has 0 atom stereocenters. The molecule has 0 aliphatic carbocycles. The highest BCUT2D eigenvalue weighted by atomic mass is 35.5. The molecule has 0 spiro atoms. The molecular formula is C6H6ClN3. The van der Waals surface area contributed by atoms with E-state index in [2.05, 4.69) is 4.98 Å². The van der Waals surface area contributed by atoms with Gasteiger partial charge in [-0.1, -0.05) is 11.6 Å². The van der Waals surface area contributed by atoms with Crippen LogP contribution in [0.2, 0.25) is 5.15 Å². The van der Waals surface area contributed by atoms with E-state index in [4.69, 9.17) is 22.7 Å². The Kier molecular flexibility index (Phi) is 1.87. The van der Waals surface area contributed by atoms with Gasteiger partial charge in [-0.3, -0.25) is 0 Å². The first-order valence-electron chi connectivity index (χ1n) is 2.65. The average molecular weight is 156 g/mol. The molecule has 1 aromatic heterocycles. The fraction of sp³-hybridized carbons (Fsp3) is 0. The molecule has 0 aliphatic heterocycles. The minimum Gasteiger partial charge on any atom is -0.398 e. The van der Waals surface area contributed by atoms with Crippen molar-refractivity contribution in [2.24, 2.45) is 0 Å². The zero-order chi connectivity index (χ0) is 7.56. The Morgan fingerprint density at radius 1 is 1.70 bits per heavy atom. The first-order chi connectivity index (χ1) is 4.74. The number of nitrogens with one attached hydrogen (secondary N) is 1. The fourth-order valence-electron chi connectivity index (χ4n) is 0.575. The topological polar surface area (TPSA) is 62.8 Å². The molecule has 1 heterocycles. The molecule has 0 fully saturated rings. The minimum absolute atomic E-state index is 0.350. The van der Waals surface area contributed by atoms with Gasteiger partial charge in [-0.25, -0.2) is 4.98 Å². The summed E-state index contributed by atoms with van der Waals surface area (Å²) in [5.41, 5.74) is 6.53. The van der Waals surface area contributed by atoms with Crippen LogP contribution in [0.3, 0.4) is 0 Å². The van der Waals surface area contributed by atoms with Crippen LogP contribution in [0, 0.1) is 5.41 Å². The van der Waals surface area contributed by atoms with Crippen molar-refractivity contribution in [1.82, 2.24) is 4.98 Å². The highest BCUT2D eigenvalue weighted by molar-refractivity contribution is 6.29. The van der Waals surface area contributed by atoms with Crippen LogP contribution in [-0.4, -0.2) is 11.2 Å². The molecule has 0 unspecified atom stereocenters. The van der Waals surface area contributed by atoms with Crippen molar-refractivity contribution >= 4 is 23.5 Å². The number of hydrogen-bond donors (Lipinski definition) is 2. The van der Waals surface area contributed by atoms with E-state index in [9.17, 15) is 0 Å². The van der Waals surface area contributed by atoms with Crippen LogP contribution in [0.4, 0.5) is 5.69 Å². The van der Waals surface area contributed by atoms with E-state index in [-0.39, 0.29) is 0 Å². The summed E-state index contributed by atoms with van der Waals surface area (Å²) in [5, 5.41) is 7.22. The molecule has 3 nitrogen and oxygen atoms in total. The summed E-state index contributed by atoms with van der Waals surface area (Å²) in [7, 11) is 0. The molecule has 0 bridgehead atoms. The van der Waals surface area contributed by atoms with Gasteiger partial charge in [0.2, 0.25) is 0 Å². The van der Waals surface area contributed by atoms with Gasteiger partial charge in [0.1, 0.15) is 5.15 Å². The number of nitrogen functional groups attached to an aromatic ring is 1. The Bertz CT molecular complexity index is 259. The van der Waals surface area contributed by atoms with Crippen molar-refractivity contribution in [1.29, 1.82) is 5.41 Å². The summed E-state index contributed by atoms with van der Waals surface area (Å²) in [4.78, 5) is 3.74. The second-order valence-corrected chi connectivity index (χ2v) is 2.17. The first-order valence-corrected chi connectivity index (χ1v) is 3.03. The predicted molar refractivity (Wildman–Crippen MR) is 41.5 cm³/mol. The third kappa shape index (κ3) is 1.25. The molecule has 3 N–H and O–H groups in total. The van der Waals surface area contributed by atoms with E-state index < -0.39 is 0 Å². The van der Waals surface area contributed by atoms with Crippen LogP contribution < -0.4 is 5.73 Å². The number of rotatable bonds is 1. The van der Waals surface area contributed by atoms with E-state index in [1.807, 2.05) is 0 Å². The van der Waals surface area contributed by atoms with Crippen LogP contribution >= 0.6 is 11.6 Å². The highest BCUT2D eigenvalue weighted by Crippen LogP contribution is 2.12. The monoisotopic (exact) mass is 155 g/mol. The second kappa shape index (κ2) is 2.66. The zero-order valence-electron chi connectivity index (χ0n) is 5.13. The molecule has 0 saturated carbocycles. The zero-order valence-corrected chi connectivity index (χ0v) is 5.89. The van der Waals surface area contributed by atoms with Crippen molar-refractivity contribution in [3.8, 4) is 0 Å². The van der Waals surface area contributed by atoms with Gasteiger partial charge in [-0.2, -0.15) is 0 Å². The van der Waals surface area contributed by atoms with E-state index in [0.717, 1.165) is 6.21 Å². The lowest BCUT2D eigenvalue weighted by Crippen LogP contribution is -1.93. The van der Waals surface area contributed by atoms with Crippen molar-refractivity contribution in [3.05, 3.63) is 23.0 Å². The lowest BCUT2D eigenvalue weighted by atomic mass is 10.2. The van der Waals surface area contributed by atoms with Gasteiger partial charge in [0.15, 0.2) is 0 Å². The summed E-state index contributed by atoms with van der Waals surface area (Å²) < 4.78 is 0. The number of halogens is 1. The smallest absolute Gasteiger partial charge is 0.131 e. The quantitative estimate of drug-likeness (QED) is 0.475. The van der Waals surface area contributed by atoms with Crippen LogP contribution in [0.5, 0.6) is 0 Å². The molecule has 4 heteroatoms. The fourth-order valence-corrected chi connectivity index (χ4v) is 0.742. The number of nitrogens with two attached hydrogens (primary N) is 1. The number of aromatic nitrogens is 1. The maximum atomic E-state index is 6.87. The van der Waals surface area contributed by atoms with Gasteiger partial charge in [0.05, 0.1) is 0 Å². The van der Waals surface area contributed by atoms with Gasteiger partial charge in [0, 0.05) is 23.7 Å². The molecule has 52 valence electrons. The van der Waals surface area contributed by atoms with Crippen molar-refractivity contribution in [2.45, 2.75) is 0 Å². The largest absolute Gasteiger partial charge is 0.398 e. The van der Waals surface area contributed by atoms with Gasteiger partial charge >= 0.3 is 0 Å². The molecule has 0 aromatic carbocycles. The van der Waals surface area contributed by atoms with Gasteiger partial charge in [0.25, 0.3) is 0 Å². The van der Waals surface area contributed by atoms with E-state index in [0.29, 0.717) is 16.4 Å². The van der Waals surface area contributed by atoms with Crippen molar-refractivity contribution in [2.75, 3.05) is 5.73 Å². The first kappa shape index (κ1) is 7.02. The summed E-state index contributed by atoms with van der Waals surface area (Å²) >= 11 is 5.51. The van der Waals surface area contributed by atoms with Crippen LogP contribution in [0.15, 0.2) is 12.3 Å². The standard InChI is InChI=1S/C6H6ClN3/c7-6-1-5(9)4(2-8)3-10-6/h1-3,8H,(H2,9,10). The molecule has 0 radical (unpaired) electrons. The third-order valence-electron chi connectivity index (χ3n) is 1.09. The Balaban J connectivity index is 3.19. The Labute approximate surface area is 63.3 Å². The Morgan fingerprint density at radius 2 is 2.40 bits per heavy atom.